The molecule has 6 amide bonds. The van der Waals surface area contributed by atoms with Gasteiger partial charge in [0.15, 0.2) is 17.3 Å². The number of amides is 6. The molecule has 16 nitrogen and oxygen atoms in total. The molecule has 3 atom stereocenters. The van der Waals surface area contributed by atoms with Crippen LogP contribution >= 0.6 is 33.3 Å². The molecule has 0 aromatic heterocycles. The molecule has 3 fully saturated rings. The molecule has 3 N–H and O–H groups in total. The minimum absolute atomic E-state index is 0.0221. The number of β-lactam (4-membered cyclic amide) rings is 1. The first kappa shape index (κ1) is 41.7. The Morgan fingerprint density at radius 1 is 0.981 bits per heavy atom. The first-order chi connectivity index (χ1) is 25.2. The number of likely N-dealkylation sites (tertiary alicyclic amines) is 1. The third kappa shape index (κ3) is 13.1. The Labute approximate surface area is 317 Å². The summed E-state index contributed by atoms with van der Waals surface area (Å²) in [5, 5.41) is 7.08. The Kier molecular flexibility index (Phi) is 15.6. The van der Waals surface area contributed by atoms with Crippen molar-refractivity contribution in [3.63, 3.8) is 0 Å². The Balaban J connectivity index is 1.18. The number of thioether (sulfide) groups is 1. The van der Waals surface area contributed by atoms with Gasteiger partial charge >= 0.3 is 0 Å². The number of benzene rings is 1. The highest BCUT2D eigenvalue weighted by Crippen LogP contribution is 2.53. The molecule has 1 aliphatic carbocycles. The van der Waals surface area contributed by atoms with E-state index in [2.05, 4.69) is 16.0 Å². The van der Waals surface area contributed by atoms with Gasteiger partial charge in [0.2, 0.25) is 35.4 Å². The predicted molar refractivity (Wildman–Crippen MR) is 196 cm³/mol. The third-order valence-corrected chi connectivity index (χ3v) is 11.9. The standard InChI is InChI=1S/C34H41N5O11S3/c1-19(40)24(36-20(2)41)18-51-27-13-25(42)23(33(27)49)9-11-35-28(44)15-38(14-26(43)34-52-53-34)32(48)17-50-16-29(45)37-22-6-3-21(4-7-22)5-8-30(46)39-12-10-31(39)47/h3-4,6-7,23-24,27,34H,5,8-18H2,1-2H3,(H,35,44)(H,36,41)(H,37,45)/t23?,24-,27?/m0/s1. The van der Waals surface area contributed by atoms with Crippen molar-refractivity contribution in [3.05, 3.63) is 29.8 Å². The normalized spacial score (nSPS) is 18.5. The highest BCUT2D eigenvalue weighted by molar-refractivity contribution is 8.93. The highest BCUT2D eigenvalue weighted by Gasteiger charge is 2.41. The number of rotatable bonds is 21. The van der Waals surface area contributed by atoms with Gasteiger partial charge in [0, 0.05) is 50.7 Å². The van der Waals surface area contributed by atoms with E-state index in [0.29, 0.717) is 25.1 Å². The van der Waals surface area contributed by atoms with Crippen LogP contribution in [0.25, 0.3) is 0 Å². The van der Waals surface area contributed by atoms with Crippen LogP contribution in [0.4, 0.5) is 5.69 Å². The van der Waals surface area contributed by atoms with Crippen molar-refractivity contribution in [1.82, 2.24) is 20.4 Å². The van der Waals surface area contributed by atoms with Crippen LogP contribution in [0.1, 0.15) is 45.1 Å². The smallest absolute Gasteiger partial charge is 0.250 e. The number of Topliss-reactive ketones (excluding diaryl/α,β-unsaturated/α-hetero) is 4. The van der Waals surface area contributed by atoms with Gasteiger partial charge in [-0.2, -0.15) is 0 Å². The van der Waals surface area contributed by atoms with Crippen LogP contribution in [0.15, 0.2) is 24.3 Å². The summed E-state index contributed by atoms with van der Waals surface area (Å²) >= 11 is 1.13. The second-order valence-corrected chi connectivity index (χ2v) is 16.6. The number of imide groups is 1. The van der Waals surface area contributed by atoms with Crippen LogP contribution in [0, 0.1) is 5.92 Å². The van der Waals surface area contributed by atoms with Gasteiger partial charge in [-0.05, 0) is 37.5 Å². The zero-order valence-corrected chi connectivity index (χ0v) is 31.7. The van der Waals surface area contributed by atoms with Crippen molar-refractivity contribution in [3.8, 4) is 0 Å². The molecule has 2 unspecified atom stereocenters. The van der Waals surface area contributed by atoms with E-state index in [9.17, 15) is 47.9 Å². The monoisotopic (exact) mass is 791 g/mol. The largest absolute Gasteiger partial charge is 0.362 e. The fourth-order valence-corrected chi connectivity index (χ4v) is 8.01. The van der Waals surface area contributed by atoms with Crippen LogP contribution in [0.2, 0.25) is 0 Å². The zero-order chi connectivity index (χ0) is 38.7. The quantitative estimate of drug-likeness (QED) is 0.0661. The molecule has 19 heteroatoms. The first-order valence-electron chi connectivity index (χ1n) is 16.9. The van der Waals surface area contributed by atoms with Crippen molar-refractivity contribution < 1.29 is 52.7 Å². The molecule has 2 aliphatic heterocycles. The maximum atomic E-state index is 13.0. The van der Waals surface area contributed by atoms with E-state index >= 15 is 0 Å². The molecule has 53 heavy (non-hydrogen) atoms. The first-order valence-corrected chi connectivity index (χ1v) is 20.2. The summed E-state index contributed by atoms with van der Waals surface area (Å²) in [6, 6.07) is 6.00. The lowest BCUT2D eigenvalue weighted by molar-refractivity contribution is -0.152. The van der Waals surface area contributed by atoms with Gasteiger partial charge in [-0.15, -0.1) is 11.8 Å². The molecular formula is C34H41N5O11S3. The molecule has 0 spiro atoms. The lowest BCUT2D eigenvalue weighted by Crippen LogP contribution is -2.47. The van der Waals surface area contributed by atoms with Gasteiger partial charge in [-0.25, -0.2) is 0 Å². The highest BCUT2D eigenvalue weighted by atomic mass is 33.2. The fraction of sp³-hybridized carbons (Fsp3) is 0.529. The summed E-state index contributed by atoms with van der Waals surface area (Å²) in [4.78, 5) is 125. The second kappa shape index (κ2) is 19.8. The zero-order valence-electron chi connectivity index (χ0n) is 29.2. The second-order valence-electron chi connectivity index (χ2n) is 12.6. The molecule has 0 radical (unpaired) electrons. The van der Waals surface area contributed by atoms with Crippen molar-refractivity contribution in [2.24, 2.45) is 5.92 Å². The van der Waals surface area contributed by atoms with Gasteiger partial charge < -0.3 is 25.6 Å². The number of nitrogens with zero attached hydrogens (tertiary/aromatic N) is 2. The molecule has 0 bridgehead atoms. The lowest BCUT2D eigenvalue weighted by Gasteiger charge is -2.28. The summed E-state index contributed by atoms with van der Waals surface area (Å²) in [5.74, 6) is -4.57. The Morgan fingerprint density at radius 3 is 2.30 bits per heavy atom. The van der Waals surface area contributed by atoms with Gasteiger partial charge in [-0.3, -0.25) is 52.8 Å². The minimum atomic E-state index is -0.941. The lowest BCUT2D eigenvalue weighted by atomic mass is 10.0. The van der Waals surface area contributed by atoms with E-state index in [0.717, 1.165) is 22.2 Å². The molecule has 3 aliphatic rings. The fourth-order valence-electron chi connectivity index (χ4n) is 5.43. The van der Waals surface area contributed by atoms with Gasteiger partial charge in [-0.1, -0.05) is 33.7 Å². The van der Waals surface area contributed by atoms with Crippen LogP contribution in [0.3, 0.4) is 0 Å². The van der Waals surface area contributed by atoms with Crippen molar-refractivity contribution in [2.45, 2.75) is 61.8 Å². The average Bonchev–Trinajstić information content (AvgIpc) is 3.91. The number of ketones is 4. The van der Waals surface area contributed by atoms with Crippen LogP contribution in [-0.4, -0.2) is 129 Å². The van der Waals surface area contributed by atoms with Gasteiger partial charge in [0.25, 0.3) is 0 Å². The van der Waals surface area contributed by atoms with E-state index in [4.69, 9.17) is 4.74 Å². The number of hydrogen-bond acceptors (Lipinski definition) is 14. The van der Waals surface area contributed by atoms with E-state index in [1.165, 1.54) is 40.3 Å². The number of aryl methyl sites for hydroxylation is 1. The number of nitrogens with one attached hydrogen (secondary N) is 3. The Bertz CT molecular complexity index is 1640. The molecular weight excluding hydrogens is 751 g/mol. The Hall–Kier alpha value is -4.07. The van der Waals surface area contributed by atoms with Gasteiger partial charge in [0.05, 0.1) is 23.8 Å². The number of hydrogen-bond donors (Lipinski definition) is 3. The number of carbonyl (C=O) groups excluding carboxylic acids is 10. The average molecular weight is 792 g/mol. The summed E-state index contributed by atoms with van der Waals surface area (Å²) in [5.41, 5.74) is 1.30. The topological polar surface area (TPSA) is 222 Å². The summed E-state index contributed by atoms with van der Waals surface area (Å²) < 4.78 is 4.95. The van der Waals surface area contributed by atoms with Crippen LogP contribution in [0.5, 0.6) is 0 Å². The van der Waals surface area contributed by atoms with Crippen molar-refractivity contribution in [2.75, 3.05) is 50.5 Å². The molecule has 286 valence electrons. The third-order valence-electron chi connectivity index (χ3n) is 8.49. The molecule has 1 aromatic carbocycles. The van der Waals surface area contributed by atoms with E-state index in [1.54, 1.807) is 24.3 Å². The van der Waals surface area contributed by atoms with E-state index in [1.807, 2.05) is 0 Å². The van der Waals surface area contributed by atoms with E-state index < -0.39 is 54.7 Å². The summed E-state index contributed by atoms with van der Waals surface area (Å²) in [6.45, 7) is 1.11. The molecule has 1 saturated carbocycles. The number of ether oxygens (including phenoxy) is 1. The van der Waals surface area contributed by atoms with Crippen LogP contribution < -0.4 is 16.0 Å². The van der Waals surface area contributed by atoms with Crippen molar-refractivity contribution >= 4 is 97.6 Å². The molecule has 1 aromatic rings. The predicted octanol–water partition coefficient (Wildman–Crippen LogP) is 0.312. The van der Waals surface area contributed by atoms with Gasteiger partial charge in [0.1, 0.15) is 30.1 Å². The van der Waals surface area contributed by atoms with E-state index in [-0.39, 0.29) is 83.5 Å². The number of carbonyl (C=O) groups is 10. The Morgan fingerprint density at radius 2 is 1.70 bits per heavy atom. The SMILES string of the molecule is CC(=O)N[C@@H](CSC1CC(=O)C(CCNC(=O)CN(CC(=O)C2SS2)C(=O)COCC(=O)Nc2ccc(CCC(=O)N3CCC3=O)cc2)C1=O)C(C)=O. The number of anilines is 1. The minimum Gasteiger partial charge on any atom is -0.362 e. The molecule has 2 heterocycles. The maximum absolute atomic E-state index is 13.0. The maximum Gasteiger partial charge on any atom is 0.250 e. The summed E-state index contributed by atoms with van der Waals surface area (Å²) in [7, 11) is 2.67. The molecule has 2 saturated heterocycles. The summed E-state index contributed by atoms with van der Waals surface area (Å²) in [6.07, 6.45) is 1.03. The van der Waals surface area contributed by atoms with Crippen LogP contribution in [-0.2, 0) is 59.1 Å². The van der Waals surface area contributed by atoms with Crippen molar-refractivity contribution in [1.29, 1.82) is 0 Å². The molecule has 4 rings (SSSR count).